The van der Waals surface area contributed by atoms with E-state index in [4.69, 9.17) is 22.8 Å². The molecule has 0 bridgehead atoms. The number of aliphatic hydroxyl groups excluding tert-OH is 2. The third-order valence-corrected chi connectivity index (χ3v) is 3.92. The van der Waals surface area contributed by atoms with Crippen LogP contribution in [-0.4, -0.2) is 54.7 Å². The zero-order valence-corrected chi connectivity index (χ0v) is 11.4. The zero-order chi connectivity index (χ0) is 15.8. The lowest BCUT2D eigenvalue weighted by molar-refractivity contribution is -0.117. The van der Waals surface area contributed by atoms with Gasteiger partial charge in [0.2, 0.25) is 0 Å². The Labute approximate surface area is 123 Å². The normalized spacial score (nSPS) is 35.6. The molecule has 1 fully saturated rings. The second-order valence-electron chi connectivity index (χ2n) is 4.72. The number of alkyl halides is 1. The number of hydrogen-bond donors (Lipinski definition) is 4. The maximum atomic E-state index is 11.8. The molecule has 114 valence electrons. The molecule has 1 aromatic rings. The third-order valence-electron chi connectivity index (χ3n) is 3.47. The van der Waals surface area contributed by atoms with Crippen LogP contribution in [0.5, 0.6) is 0 Å². The molecule has 0 spiro atoms. The maximum absolute atomic E-state index is 11.8. The molecule has 1 aliphatic rings. The number of aliphatic hydroxyl groups is 3. The first-order chi connectivity index (χ1) is 9.84. The summed E-state index contributed by atoms with van der Waals surface area (Å²) >= 11 is 5.69. The van der Waals surface area contributed by atoms with Crippen LogP contribution in [0.15, 0.2) is 21.9 Å². The van der Waals surface area contributed by atoms with Crippen molar-refractivity contribution in [3.8, 4) is 12.3 Å². The van der Waals surface area contributed by atoms with Gasteiger partial charge in [0.15, 0.2) is 11.8 Å². The fraction of sp³-hybridized carbons (Fsp3) is 0.500. The number of rotatable bonds is 3. The largest absolute Gasteiger partial charge is 0.393 e. The highest BCUT2D eigenvalue weighted by Crippen LogP contribution is 2.44. The molecule has 9 heteroatoms. The molecule has 1 saturated heterocycles. The topological polar surface area (TPSA) is 125 Å². The van der Waals surface area contributed by atoms with Gasteiger partial charge < -0.3 is 20.1 Å². The van der Waals surface area contributed by atoms with Gasteiger partial charge in [0.05, 0.1) is 12.5 Å². The number of aromatic amines is 1. The standard InChI is InChI=1S/C12H13ClN2O6/c1-2-12(20)8(18)11(5-13,6-16)21-9(12)15-4-3-7(17)14-10(15)19/h1,3-4,8-9,16,18,20H,5-6H2,(H,14,17,19)/t8-,9-,11-,12-/m1/s1. The van der Waals surface area contributed by atoms with E-state index < -0.39 is 41.4 Å². The van der Waals surface area contributed by atoms with Crippen molar-refractivity contribution in [2.24, 2.45) is 0 Å². The molecule has 0 aliphatic carbocycles. The lowest BCUT2D eigenvalue weighted by atomic mass is 9.88. The number of terminal acetylenes is 1. The van der Waals surface area contributed by atoms with Crippen LogP contribution in [0.1, 0.15) is 6.23 Å². The number of halogens is 1. The molecule has 8 nitrogen and oxygen atoms in total. The van der Waals surface area contributed by atoms with Crippen LogP contribution in [0.25, 0.3) is 0 Å². The van der Waals surface area contributed by atoms with E-state index >= 15 is 0 Å². The van der Waals surface area contributed by atoms with Crippen LogP contribution in [0.3, 0.4) is 0 Å². The minimum Gasteiger partial charge on any atom is -0.393 e. The molecule has 1 aliphatic heterocycles. The third kappa shape index (κ3) is 2.19. The van der Waals surface area contributed by atoms with E-state index in [2.05, 4.69) is 0 Å². The van der Waals surface area contributed by atoms with Gasteiger partial charge in [-0.05, 0) is 0 Å². The summed E-state index contributed by atoms with van der Waals surface area (Å²) in [6.45, 7) is -0.726. The molecular weight excluding hydrogens is 304 g/mol. The van der Waals surface area contributed by atoms with E-state index in [1.165, 1.54) is 0 Å². The molecule has 2 heterocycles. The number of nitrogens with one attached hydrogen (secondary N) is 1. The van der Waals surface area contributed by atoms with Crippen molar-refractivity contribution in [3.63, 3.8) is 0 Å². The number of ether oxygens (including phenoxy) is 1. The van der Waals surface area contributed by atoms with E-state index in [0.29, 0.717) is 0 Å². The van der Waals surface area contributed by atoms with E-state index in [1.54, 1.807) is 0 Å². The van der Waals surface area contributed by atoms with Crippen LogP contribution in [0, 0.1) is 12.3 Å². The Morgan fingerprint density at radius 2 is 2.24 bits per heavy atom. The smallest absolute Gasteiger partial charge is 0.330 e. The summed E-state index contributed by atoms with van der Waals surface area (Å²) in [5, 5.41) is 30.0. The fourth-order valence-electron chi connectivity index (χ4n) is 2.21. The Morgan fingerprint density at radius 3 is 2.71 bits per heavy atom. The Morgan fingerprint density at radius 1 is 1.57 bits per heavy atom. The van der Waals surface area contributed by atoms with Gasteiger partial charge in [-0.1, -0.05) is 5.92 Å². The summed E-state index contributed by atoms with van der Waals surface area (Å²) in [6.07, 6.45) is 3.05. The summed E-state index contributed by atoms with van der Waals surface area (Å²) in [5.74, 6) is 1.59. The molecular formula is C12H13ClN2O6. The van der Waals surface area contributed by atoms with Crippen molar-refractivity contribution >= 4 is 11.6 Å². The molecule has 0 amide bonds. The van der Waals surface area contributed by atoms with Crippen molar-refractivity contribution in [1.29, 1.82) is 0 Å². The van der Waals surface area contributed by atoms with Gasteiger partial charge in [-0.15, -0.1) is 18.0 Å². The minimum atomic E-state index is -2.31. The molecule has 1 aromatic heterocycles. The van der Waals surface area contributed by atoms with Crippen LogP contribution in [-0.2, 0) is 4.74 Å². The Bertz CT molecular complexity index is 688. The van der Waals surface area contributed by atoms with Crippen LogP contribution in [0.4, 0.5) is 0 Å². The van der Waals surface area contributed by atoms with Crippen molar-refractivity contribution < 1.29 is 20.1 Å². The molecule has 0 saturated carbocycles. The zero-order valence-electron chi connectivity index (χ0n) is 10.7. The molecule has 21 heavy (non-hydrogen) atoms. The summed E-state index contributed by atoms with van der Waals surface area (Å²) < 4.78 is 6.20. The van der Waals surface area contributed by atoms with E-state index in [-0.39, 0.29) is 5.88 Å². The van der Waals surface area contributed by atoms with E-state index in [0.717, 1.165) is 16.8 Å². The van der Waals surface area contributed by atoms with Crippen LogP contribution in [0.2, 0.25) is 0 Å². The van der Waals surface area contributed by atoms with E-state index in [1.807, 2.05) is 10.9 Å². The first-order valence-corrected chi connectivity index (χ1v) is 6.42. The SMILES string of the molecule is C#C[C@@]1(O)[C@H](O)[C@](CO)(CCl)O[C@H]1n1ccc(=O)[nH]c1=O. The molecule has 4 N–H and O–H groups in total. The van der Waals surface area contributed by atoms with Crippen molar-refractivity contribution in [1.82, 2.24) is 9.55 Å². The van der Waals surface area contributed by atoms with Crippen LogP contribution >= 0.6 is 11.6 Å². The highest BCUT2D eigenvalue weighted by atomic mass is 35.5. The monoisotopic (exact) mass is 316 g/mol. The summed E-state index contributed by atoms with van der Waals surface area (Å²) in [7, 11) is 0. The van der Waals surface area contributed by atoms with Gasteiger partial charge >= 0.3 is 5.69 Å². The van der Waals surface area contributed by atoms with E-state index in [9.17, 15) is 24.9 Å². The van der Waals surface area contributed by atoms with Gasteiger partial charge in [0.25, 0.3) is 5.56 Å². The lowest BCUT2D eigenvalue weighted by Crippen LogP contribution is -2.53. The fourth-order valence-corrected chi connectivity index (χ4v) is 2.51. The van der Waals surface area contributed by atoms with Gasteiger partial charge in [-0.2, -0.15) is 0 Å². The number of nitrogens with zero attached hydrogens (tertiary/aromatic N) is 1. The van der Waals surface area contributed by atoms with Gasteiger partial charge in [-0.3, -0.25) is 14.3 Å². The lowest BCUT2D eigenvalue weighted by Gasteiger charge is -2.29. The second kappa shape index (κ2) is 5.29. The maximum Gasteiger partial charge on any atom is 0.330 e. The van der Waals surface area contributed by atoms with Crippen molar-refractivity contribution in [3.05, 3.63) is 33.1 Å². The molecule has 4 atom stereocenters. The first-order valence-electron chi connectivity index (χ1n) is 5.89. The minimum absolute atomic E-state index is 0.372. The quantitative estimate of drug-likeness (QED) is 0.369. The summed E-state index contributed by atoms with van der Waals surface area (Å²) in [5.41, 5.74) is -5.58. The molecule has 0 radical (unpaired) electrons. The Hall–Kier alpha value is -1.63. The number of hydrogen-bond acceptors (Lipinski definition) is 6. The predicted octanol–water partition coefficient (Wildman–Crippen LogP) is -2.24. The average molecular weight is 317 g/mol. The Kier molecular flexibility index (Phi) is 3.97. The number of H-pyrrole nitrogens is 1. The predicted molar refractivity (Wildman–Crippen MR) is 71.8 cm³/mol. The average Bonchev–Trinajstić information content (AvgIpc) is 2.70. The second-order valence-corrected chi connectivity index (χ2v) is 4.98. The molecule has 0 aromatic carbocycles. The first kappa shape index (κ1) is 15.8. The highest BCUT2D eigenvalue weighted by Gasteiger charge is 2.63. The van der Waals surface area contributed by atoms with Gasteiger partial charge in [-0.25, -0.2) is 4.79 Å². The molecule has 2 rings (SSSR count). The summed E-state index contributed by atoms with van der Waals surface area (Å²) in [6, 6.07) is 1.02. The van der Waals surface area contributed by atoms with Gasteiger partial charge in [0.1, 0.15) is 11.7 Å². The Balaban J connectivity index is 2.60. The van der Waals surface area contributed by atoms with Crippen LogP contribution < -0.4 is 11.2 Å². The highest BCUT2D eigenvalue weighted by molar-refractivity contribution is 6.18. The van der Waals surface area contributed by atoms with Crippen molar-refractivity contribution in [2.45, 2.75) is 23.5 Å². The number of aromatic nitrogens is 2. The van der Waals surface area contributed by atoms with Gasteiger partial charge in [0, 0.05) is 12.3 Å². The summed E-state index contributed by atoms with van der Waals surface area (Å²) in [4.78, 5) is 24.8. The molecule has 0 unspecified atom stereocenters. The van der Waals surface area contributed by atoms with Crippen molar-refractivity contribution in [2.75, 3.05) is 12.5 Å².